The second kappa shape index (κ2) is 10.7. The van der Waals surface area contributed by atoms with Gasteiger partial charge < -0.3 is 19.9 Å². The van der Waals surface area contributed by atoms with Crippen LogP contribution in [0.3, 0.4) is 0 Å². The van der Waals surface area contributed by atoms with Crippen LogP contribution in [0.15, 0.2) is 66.7 Å². The summed E-state index contributed by atoms with van der Waals surface area (Å²) >= 11 is 0. The third-order valence-corrected chi connectivity index (χ3v) is 6.35. The quantitative estimate of drug-likeness (QED) is 0.237. The topological polar surface area (TPSA) is 139 Å². The van der Waals surface area contributed by atoms with E-state index in [1.54, 1.807) is 18.2 Å². The Hall–Kier alpha value is -4.11. The molecule has 0 atom stereocenters. The first-order valence-electron chi connectivity index (χ1n) is 11.7. The lowest BCUT2D eigenvalue weighted by Crippen LogP contribution is -2.41. The minimum absolute atomic E-state index is 0.0243. The molecule has 9 heteroatoms. The number of nitrogen functional groups attached to an aromatic ring is 1. The number of aromatic nitrogens is 1. The summed E-state index contributed by atoms with van der Waals surface area (Å²) in [6, 6.07) is 21.1. The molecule has 36 heavy (non-hydrogen) atoms. The maximum Gasteiger partial charge on any atom is 0.404 e. The van der Waals surface area contributed by atoms with Crippen molar-refractivity contribution in [2.75, 3.05) is 0 Å². The molecule has 1 heterocycles. The zero-order valence-corrected chi connectivity index (χ0v) is 20.3. The van der Waals surface area contributed by atoms with Gasteiger partial charge in [0.1, 0.15) is 36.0 Å². The third kappa shape index (κ3) is 5.92. The molecule has 0 aliphatic heterocycles. The van der Waals surface area contributed by atoms with Crippen molar-refractivity contribution in [2.24, 2.45) is 11.6 Å². The molecule has 1 aromatic heterocycles. The number of nitrogens with one attached hydrogen (secondary N) is 1. The molecule has 0 spiro atoms. The van der Waals surface area contributed by atoms with Crippen molar-refractivity contribution < 1.29 is 23.8 Å². The van der Waals surface area contributed by atoms with Crippen molar-refractivity contribution in [1.29, 1.82) is 0 Å². The number of rotatable bonds is 9. The first kappa shape index (κ1) is 25.0. The molecule has 0 saturated heterocycles. The monoisotopic (exact) mass is 490 g/mol. The van der Waals surface area contributed by atoms with Crippen molar-refractivity contribution in [2.45, 2.75) is 50.9 Å². The Kier molecular flexibility index (Phi) is 7.40. The molecule has 1 aliphatic carbocycles. The summed E-state index contributed by atoms with van der Waals surface area (Å²) in [6.45, 7) is 4.55. The average Bonchev–Trinajstić information content (AvgIpc) is 2.86. The molecule has 1 fully saturated rings. The molecule has 188 valence electrons. The Balaban J connectivity index is 1.33. The number of amides is 2. The summed E-state index contributed by atoms with van der Waals surface area (Å²) in [7, 11) is 0. The van der Waals surface area contributed by atoms with E-state index in [9.17, 15) is 9.59 Å². The van der Waals surface area contributed by atoms with Crippen LogP contribution in [0.1, 0.15) is 54.0 Å². The molecule has 2 aromatic carbocycles. The van der Waals surface area contributed by atoms with Gasteiger partial charge in [0.15, 0.2) is 0 Å². The van der Waals surface area contributed by atoms with Gasteiger partial charge in [-0.1, -0.05) is 44.2 Å². The second-order valence-electron chi connectivity index (χ2n) is 9.22. The van der Waals surface area contributed by atoms with E-state index in [0.717, 1.165) is 16.9 Å². The molecule has 0 radical (unpaired) electrons. The summed E-state index contributed by atoms with van der Waals surface area (Å²) in [5.74, 6) is 6.20. The van der Waals surface area contributed by atoms with Crippen LogP contribution in [0, 0.1) is 0 Å². The van der Waals surface area contributed by atoms with Gasteiger partial charge in [-0.25, -0.2) is 15.6 Å². The number of hydrogen-bond acceptors (Lipinski definition) is 7. The number of nitrogens with two attached hydrogens (primary N) is 2. The van der Waals surface area contributed by atoms with Crippen LogP contribution in [0.25, 0.3) is 0 Å². The molecule has 9 nitrogen and oxygen atoms in total. The van der Waals surface area contributed by atoms with E-state index >= 15 is 0 Å². The SMILES string of the molecule is CC(C)(c1ccc(OCc2cccc(C(=O)NN)n2)cc1)c1ccc(OC2CC(OC(N)=O)C2)cc1. The highest BCUT2D eigenvalue weighted by Crippen LogP contribution is 2.34. The van der Waals surface area contributed by atoms with Gasteiger partial charge in [0.2, 0.25) is 0 Å². The Morgan fingerprint density at radius 3 is 2.14 bits per heavy atom. The highest BCUT2D eigenvalue weighted by molar-refractivity contribution is 5.91. The minimum Gasteiger partial charge on any atom is -0.490 e. The summed E-state index contributed by atoms with van der Waals surface area (Å²) < 4.78 is 16.8. The molecular formula is C27H30N4O5. The van der Waals surface area contributed by atoms with Gasteiger partial charge in [-0.05, 0) is 47.5 Å². The fraction of sp³-hybridized carbons (Fsp3) is 0.296. The smallest absolute Gasteiger partial charge is 0.404 e. The molecule has 4 rings (SSSR count). The fourth-order valence-electron chi connectivity index (χ4n) is 4.07. The van der Waals surface area contributed by atoms with Gasteiger partial charge in [0, 0.05) is 18.3 Å². The number of primary amides is 1. The van der Waals surface area contributed by atoms with Gasteiger partial charge in [-0.3, -0.25) is 10.2 Å². The summed E-state index contributed by atoms with van der Waals surface area (Å²) in [6.07, 6.45) is 0.419. The van der Waals surface area contributed by atoms with Gasteiger partial charge >= 0.3 is 6.09 Å². The lowest BCUT2D eigenvalue weighted by Gasteiger charge is -2.34. The molecule has 0 unspecified atom stereocenters. The number of nitrogens with zero attached hydrogens (tertiary/aromatic N) is 1. The van der Waals surface area contributed by atoms with Crippen LogP contribution in [-0.4, -0.2) is 29.2 Å². The Morgan fingerprint density at radius 1 is 0.944 bits per heavy atom. The van der Waals surface area contributed by atoms with E-state index < -0.39 is 12.0 Å². The standard InChI is InChI=1S/C27H30N4O5/c1-27(2,18-8-12-21(13-9-18)35-22-14-23(15-22)36-26(28)33)17-6-10-20(11-7-17)34-16-19-4-3-5-24(30-19)25(32)31-29/h3-13,22-23H,14-16,29H2,1-2H3,(H2,28,33)(H,31,32). The van der Waals surface area contributed by atoms with Gasteiger partial charge in [-0.15, -0.1) is 0 Å². The molecule has 0 bridgehead atoms. The second-order valence-corrected chi connectivity index (χ2v) is 9.22. The van der Waals surface area contributed by atoms with Crippen molar-refractivity contribution in [3.63, 3.8) is 0 Å². The zero-order valence-electron chi connectivity index (χ0n) is 20.3. The first-order valence-corrected chi connectivity index (χ1v) is 11.7. The van der Waals surface area contributed by atoms with Crippen molar-refractivity contribution >= 4 is 12.0 Å². The van der Waals surface area contributed by atoms with Crippen LogP contribution >= 0.6 is 0 Å². The average molecular weight is 491 g/mol. The van der Waals surface area contributed by atoms with E-state index in [1.165, 1.54) is 0 Å². The zero-order chi connectivity index (χ0) is 25.7. The van der Waals surface area contributed by atoms with Gasteiger partial charge in [-0.2, -0.15) is 0 Å². The number of carbonyl (C=O) groups is 2. The van der Waals surface area contributed by atoms with Crippen LogP contribution in [-0.2, 0) is 16.8 Å². The largest absolute Gasteiger partial charge is 0.490 e. The normalized spacial score (nSPS) is 17.0. The van der Waals surface area contributed by atoms with Crippen molar-refractivity contribution in [1.82, 2.24) is 10.4 Å². The number of hydrazine groups is 1. The van der Waals surface area contributed by atoms with E-state index in [2.05, 4.69) is 36.4 Å². The molecule has 3 aromatic rings. The van der Waals surface area contributed by atoms with E-state index in [1.807, 2.05) is 36.4 Å². The highest BCUT2D eigenvalue weighted by atomic mass is 16.6. The van der Waals surface area contributed by atoms with Gasteiger partial charge in [0.05, 0.1) is 5.69 Å². The maximum atomic E-state index is 11.6. The lowest BCUT2D eigenvalue weighted by atomic mass is 9.78. The van der Waals surface area contributed by atoms with Crippen LogP contribution < -0.4 is 26.5 Å². The summed E-state index contributed by atoms with van der Waals surface area (Å²) in [5.41, 5.74) is 10.0. The minimum atomic E-state index is -0.745. The fourth-order valence-corrected chi connectivity index (χ4v) is 4.07. The number of benzene rings is 2. The van der Waals surface area contributed by atoms with Crippen LogP contribution in [0.4, 0.5) is 4.79 Å². The lowest BCUT2D eigenvalue weighted by molar-refractivity contribution is -0.0197. The Bertz CT molecular complexity index is 1210. The first-order chi connectivity index (χ1) is 17.2. The number of carbonyl (C=O) groups excluding carboxylic acids is 2. The molecule has 2 amide bonds. The van der Waals surface area contributed by atoms with Crippen molar-refractivity contribution in [3.8, 4) is 11.5 Å². The number of hydrogen-bond donors (Lipinski definition) is 3. The molecule has 1 saturated carbocycles. The summed E-state index contributed by atoms with van der Waals surface area (Å²) in [4.78, 5) is 26.7. The predicted molar refractivity (Wildman–Crippen MR) is 133 cm³/mol. The summed E-state index contributed by atoms with van der Waals surface area (Å²) in [5, 5.41) is 0. The highest BCUT2D eigenvalue weighted by Gasteiger charge is 2.33. The van der Waals surface area contributed by atoms with Crippen molar-refractivity contribution in [3.05, 3.63) is 89.2 Å². The maximum absolute atomic E-state index is 11.6. The molecule has 5 N–H and O–H groups in total. The predicted octanol–water partition coefficient (Wildman–Crippen LogP) is 3.60. The molecule has 1 aliphatic rings. The Labute approximate surface area is 209 Å². The number of pyridine rings is 1. The third-order valence-electron chi connectivity index (χ3n) is 6.35. The Morgan fingerprint density at radius 2 is 1.56 bits per heavy atom. The van der Waals surface area contributed by atoms with E-state index in [4.69, 9.17) is 25.8 Å². The van der Waals surface area contributed by atoms with Crippen LogP contribution in [0.2, 0.25) is 0 Å². The van der Waals surface area contributed by atoms with Gasteiger partial charge in [0.25, 0.3) is 5.91 Å². The van der Waals surface area contributed by atoms with Crippen LogP contribution in [0.5, 0.6) is 11.5 Å². The van der Waals surface area contributed by atoms with E-state index in [0.29, 0.717) is 24.3 Å². The number of ether oxygens (including phenoxy) is 3. The molecular weight excluding hydrogens is 460 g/mol. The van der Waals surface area contributed by atoms with E-state index in [-0.39, 0.29) is 29.9 Å².